The topological polar surface area (TPSA) is 46.5 Å². The highest BCUT2D eigenvalue weighted by atomic mass is 19.4. The molecule has 1 heterocycles. The lowest BCUT2D eigenvalue weighted by molar-refractivity contribution is -0.137. The van der Waals surface area contributed by atoms with Crippen molar-refractivity contribution in [2.24, 2.45) is 34.1 Å². The van der Waals surface area contributed by atoms with E-state index in [1.165, 1.54) is 18.6 Å². The van der Waals surface area contributed by atoms with Crippen molar-refractivity contribution < 1.29 is 22.8 Å². The van der Waals surface area contributed by atoms with Crippen LogP contribution in [0.2, 0.25) is 0 Å². The summed E-state index contributed by atoms with van der Waals surface area (Å²) in [6, 6.07) is 4.58. The number of allylic oxidation sites excluding steroid dienone is 2. The highest BCUT2D eigenvalue weighted by Crippen LogP contribution is 2.56. The van der Waals surface area contributed by atoms with Gasteiger partial charge in [0.25, 0.3) is 0 Å². The van der Waals surface area contributed by atoms with Crippen LogP contribution in [0.5, 0.6) is 0 Å². The fourth-order valence-electron chi connectivity index (χ4n) is 7.37. The van der Waals surface area contributed by atoms with E-state index in [4.69, 9.17) is 4.99 Å². The SMILES string of the molecule is O=C(C1=C(C2CCCC2)N=C2CC3(CCC3)CC(=O)C2C1C1CCC1)c1ccc(C(F)(F)F)cc1. The molecule has 1 spiro atoms. The van der Waals surface area contributed by atoms with Crippen LogP contribution in [0, 0.1) is 29.1 Å². The summed E-state index contributed by atoms with van der Waals surface area (Å²) in [5.41, 5.74) is 2.10. The normalized spacial score (nSPS) is 29.0. The molecule has 35 heavy (non-hydrogen) atoms. The molecule has 0 radical (unpaired) electrons. The van der Waals surface area contributed by atoms with Crippen LogP contribution < -0.4 is 0 Å². The number of Topliss-reactive ketones (excluding diaryl/α,β-unsaturated/α-hetero) is 2. The summed E-state index contributed by atoms with van der Waals surface area (Å²) in [4.78, 5) is 32.8. The minimum Gasteiger partial charge on any atom is -0.299 e. The van der Waals surface area contributed by atoms with Crippen LogP contribution in [0.25, 0.3) is 0 Å². The molecule has 1 aromatic rings. The number of halogens is 3. The number of hydrogen-bond donors (Lipinski definition) is 0. The average Bonchev–Trinajstić information content (AvgIpc) is 3.30. The molecule has 1 aromatic carbocycles. The lowest BCUT2D eigenvalue weighted by Crippen LogP contribution is -2.51. The van der Waals surface area contributed by atoms with Gasteiger partial charge in [0.15, 0.2) is 5.78 Å². The predicted octanol–water partition coefficient (Wildman–Crippen LogP) is 7.35. The Morgan fingerprint density at radius 3 is 2.14 bits per heavy atom. The Labute approximate surface area is 204 Å². The van der Waals surface area contributed by atoms with Crippen molar-refractivity contribution in [1.29, 1.82) is 0 Å². The fourth-order valence-corrected chi connectivity index (χ4v) is 7.37. The van der Waals surface area contributed by atoms with Crippen molar-refractivity contribution in [3.63, 3.8) is 0 Å². The van der Waals surface area contributed by atoms with E-state index < -0.39 is 11.7 Å². The highest BCUT2D eigenvalue weighted by molar-refractivity contribution is 6.15. The third kappa shape index (κ3) is 3.92. The summed E-state index contributed by atoms with van der Waals surface area (Å²) in [7, 11) is 0. The smallest absolute Gasteiger partial charge is 0.299 e. The number of fused-ring (bicyclic) bond motifs is 1. The van der Waals surface area contributed by atoms with Gasteiger partial charge in [0.2, 0.25) is 0 Å². The number of hydrogen-bond acceptors (Lipinski definition) is 3. The van der Waals surface area contributed by atoms with Gasteiger partial charge in [-0.2, -0.15) is 13.2 Å². The van der Waals surface area contributed by atoms with Crippen LogP contribution >= 0.6 is 0 Å². The number of alkyl halides is 3. The predicted molar refractivity (Wildman–Crippen MR) is 127 cm³/mol. The summed E-state index contributed by atoms with van der Waals surface area (Å²) < 4.78 is 39.4. The summed E-state index contributed by atoms with van der Waals surface area (Å²) in [6.07, 6.45) is 7.58. The second kappa shape index (κ2) is 8.41. The van der Waals surface area contributed by atoms with Crippen LogP contribution in [0.3, 0.4) is 0 Å². The zero-order chi connectivity index (χ0) is 24.4. The second-order valence-electron chi connectivity index (χ2n) is 11.7. The number of carbonyl (C=O) groups excluding carboxylic acids is 2. The van der Waals surface area contributed by atoms with Crippen molar-refractivity contribution in [2.45, 2.75) is 83.2 Å². The van der Waals surface area contributed by atoms with Crippen molar-refractivity contribution in [3.8, 4) is 0 Å². The number of rotatable bonds is 4. The number of benzene rings is 1. The van der Waals surface area contributed by atoms with E-state index in [9.17, 15) is 22.8 Å². The molecule has 6 rings (SSSR count). The van der Waals surface area contributed by atoms with Gasteiger partial charge in [-0.15, -0.1) is 0 Å². The van der Waals surface area contributed by atoms with E-state index >= 15 is 0 Å². The Morgan fingerprint density at radius 1 is 0.914 bits per heavy atom. The molecule has 4 fully saturated rings. The number of carbonyl (C=O) groups is 2. The molecular formula is C29H32F3NO2. The number of ketones is 2. The Balaban J connectivity index is 1.46. The molecule has 0 N–H and O–H groups in total. The fraction of sp³-hybridized carbons (Fsp3) is 0.621. The molecule has 186 valence electrons. The van der Waals surface area contributed by atoms with Gasteiger partial charge in [0.1, 0.15) is 5.78 Å². The molecule has 4 aliphatic carbocycles. The monoisotopic (exact) mass is 483 g/mol. The first-order valence-corrected chi connectivity index (χ1v) is 13.3. The molecule has 5 aliphatic rings. The highest BCUT2D eigenvalue weighted by Gasteiger charge is 2.54. The summed E-state index contributed by atoms with van der Waals surface area (Å²) in [6.45, 7) is 0. The van der Waals surface area contributed by atoms with Gasteiger partial charge in [-0.3, -0.25) is 14.6 Å². The van der Waals surface area contributed by atoms with Crippen LogP contribution in [-0.2, 0) is 11.0 Å². The zero-order valence-corrected chi connectivity index (χ0v) is 20.0. The molecule has 3 nitrogen and oxygen atoms in total. The molecule has 4 saturated carbocycles. The Hall–Kier alpha value is -2.24. The van der Waals surface area contributed by atoms with E-state index in [0.29, 0.717) is 12.0 Å². The first-order chi connectivity index (χ1) is 16.8. The maximum Gasteiger partial charge on any atom is 0.416 e. The van der Waals surface area contributed by atoms with Gasteiger partial charge in [0.05, 0.1) is 17.2 Å². The second-order valence-corrected chi connectivity index (χ2v) is 11.7. The molecule has 2 unspecified atom stereocenters. The molecule has 0 aromatic heterocycles. The molecule has 2 atom stereocenters. The van der Waals surface area contributed by atoms with Crippen molar-refractivity contribution in [3.05, 3.63) is 46.7 Å². The summed E-state index contributed by atoms with van der Waals surface area (Å²) in [5, 5.41) is 0. The summed E-state index contributed by atoms with van der Waals surface area (Å²) >= 11 is 0. The Morgan fingerprint density at radius 2 is 1.60 bits per heavy atom. The van der Waals surface area contributed by atoms with Crippen molar-refractivity contribution in [2.75, 3.05) is 0 Å². The first-order valence-electron chi connectivity index (χ1n) is 13.3. The van der Waals surface area contributed by atoms with Gasteiger partial charge in [0, 0.05) is 35.1 Å². The standard InChI is InChI=1S/C29H32F3NO2/c30-29(31,32)20-11-9-19(10-12-20)27(35)25-23(17-7-3-8-17)24-21(33-26(25)18-5-1-2-6-18)15-28(13-4-14-28)16-22(24)34/h9-12,17-18,23-24H,1-8,13-16H2. The van der Waals surface area contributed by atoms with Crippen molar-refractivity contribution in [1.82, 2.24) is 0 Å². The van der Waals surface area contributed by atoms with Crippen LogP contribution in [0.1, 0.15) is 93.0 Å². The van der Waals surface area contributed by atoms with E-state index in [1.54, 1.807) is 0 Å². The van der Waals surface area contributed by atoms with Gasteiger partial charge < -0.3 is 0 Å². The third-order valence-electron chi connectivity index (χ3n) is 9.58. The minimum atomic E-state index is -4.44. The van der Waals surface area contributed by atoms with Gasteiger partial charge in [-0.25, -0.2) is 0 Å². The first kappa shape index (κ1) is 23.2. The lowest BCUT2D eigenvalue weighted by Gasteiger charge is -2.51. The zero-order valence-electron chi connectivity index (χ0n) is 20.0. The lowest BCUT2D eigenvalue weighted by atomic mass is 9.53. The van der Waals surface area contributed by atoms with E-state index in [-0.39, 0.29) is 46.2 Å². The van der Waals surface area contributed by atoms with E-state index in [2.05, 4.69) is 0 Å². The van der Waals surface area contributed by atoms with E-state index in [1.807, 2.05) is 0 Å². The third-order valence-corrected chi connectivity index (χ3v) is 9.58. The number of nitrogens with zero attached hydrogens (tertiary/aromatic N) is 1. The molecule has 6 heteroatoms. The maximum atomic E-state index is 14.0. The minimum absolute atomic E-state index is 0.0757. The number of aliphatic imine (C=N–C) groups is 1. The van der Waals surface area contributed by atoms with Crippen LogP contribution in [0.4, 0.5) is 13.2 Å². The van der Waals surface area contributed by atoms with E-state index in [0.717, 1.165) is 87.7 Å². The van der Waals surface area contributed by atoms with Crippen LogP contribution in [0.15, 0.2) is 40.5 Å². The molecule has 1 aliphatic heterocycles. The Bertz CT molecular complexity index is 1100. The van der Waals surface area contributed by atoms with Gasteiger partial charge >= 0.3 is 6.18 Å². The van der Waals surface area contributed by atoms with Crippen molar-refractivity contribution >= 4 is 17.3 Å². The largest absolute Gasteiger partial charge is 0.416 e. The Kier molecular flexibility index (Phi) is 5.57. The quantitative estimate of drug-likeness (QED) is 0.420. The molecule has 0 amide bonds. The summed E-state index contributed by atoms with van der Waals surface area (Å²) in [5.74, 6) is -0.0213. The molecule has 0 bridgehead atoms. The van der Waals surface area contributed by atoms with Gasteiger partial charge in [-0.05, 0) is 68.4 Å². The average molecular weight is 484 g/mol. The van der Waals surface area contributed by atoms with Crippen LogP contribution in [-0.4, -0.2) is 17.3 Å². The molecular weight excluding hydrogens is 451 g/mol. The molecule has 0 saturated heterocycles. The maximum absolute atomic E-state index is 14.0. The van der Waals surface area contributed by atoms with Gasteiger partial charge in [-0.1, -0.05) is 37.8 Å².